The van der Waals surface area contributed by atoms with E-state index < -0.39 is 10.1 Å². The van der Waals surface area contributed by atoms with Gasteiger partial charge in [-0.3, -0.25) is 4.55 Å². The van der Waals surface area contributed by atoms with Crippen molar-refractivity contribution in [1.29, 1.82) is 0 Å². The average molecular weight is 165 g/mol. The Morgan fingerprint density at radius 1 is 1.50 bits per heavy atom. The fraction of sp³-hybridized carbons (Fsp3) is 0.833. The Morgan fingerprint density at radius 2 is 2.00 bits per heavy atom. The highest BCUT2D eigenvalue weighted by atomic mass is 32.2. The SMILES string of the molecule is CCCC[C](C)S(=O)(=O)O. The monoisotopic (exact) mass is 165 g/mol. The lowest BCUT2D eigenvalue weighted by molar-refractivity contribution is 0.479. The molecule has 4 heteroatoms. The van der Waals surface area contributed by atoms with E-state index in [1.165, 1.54) is 6.92 Å². The second-order valence-electron chi connectivity index (χ2n) is 2.28. The zero-order valence-electron chi connectivity index (χ0n) is 6.29. The standard InChI is InChI=1S/C6H13O3S/c1-3-4-5-6(2)10(7,8)9/h3-5H2,1-2H3,(H,7,8,9). The van der Waals surface area contributed by atoms with Crippen LogP contribution < -0.4 is 0 Å². The Labute approximate surface area is 62.2 Å². The maximum atomic E-state index is 10.4. The first-order valence-corrected chi connectivity index (χ1v) is 4.72. The second-order valence-corrected chi connectivity index (χ2v) is 3.93. The quantitative estimate of drug-likeness (QED) is 0.644. The molecule has 1 N–H and O–H groups in total. The Bertz CT molecular complexity index is 171. The van der Waals surface area contributed by atoms with Crippen LogP contribution in [0.1, 0.15) is 33.1 Å². The highest BCUT2D eigenvalue weighted by Crippen LogP contribution is 2.15. The number of unbranched alkanes of at least 4 members (excludes halogenated alkanes) is 1. The molecule has 0 unspecified atom stereocenters. The van der Waals surface area contributed by atoms with Crippen LogP contribution in [0.5, 0.6) is 0 Å². The van der Waals surface area contributed by atoms with Crippen LogP contribution in [-0.4, -0.2) is 13.0 Å². The first-order valence-electron chi connectivity index (χ1n) is 3.28. The van der Waals surface area contributed by atoms with Crippen molar-refractivity contribution in [2.45, 2.75) is 33.1 Å². The largest absolute Gasteiger partial charge is 0.285 e. The molecule has 10 heavy (non-hydrogen) atoms. The number of hydrogen-bond acceptors (Lipinski definition) is 2. The summed E-state index contributed by atoms with van der Waals surface area (Å²) in [6.07, 6.45) is 2.22. The summed E-state index contributed by atoms with van der Waals surface area (Å²) in [5.74, 6) is 0. The van der Waals surface area contributed by atoms with Gasteiger partial charge >= 0.3 is 0 Å². The van der Waals surface area contributed by atoms with Gasteiger partial charge in [-0.15, -0.1) is 0 Å². The molecule has 0 heterocycles. The lowest BCUT2D eigenvalue weighted by Crippen LogP contribution is -2.07. The van der Waals surface area contributed by atoms with Crippen LogP contribution >= 0.6 is 0 Å². The predicted octanol–water partition coefficient (Wildman–Crippen LogP) is 1.62. The van der Waals surface area contributed by atoms with Gasteiger partial charge in [-0.1, -0.05) is 19.8 Å². The summed E-state index contributed by atoms with van der Waals surface area (Å²) in [6, 6.07) is 0. The molecule has 0 bridgehead atoms. The molecule has 0 saturated heterocycles. The van der Waals surface area contributed by atoms with E-state index in [0.717, 1.165) is 12.8 Å². The summed E-state index contributed by atoms with van der Waals surface area (Å²) in [6.45, 7) is 3.41. The van der Waals surface area contributed by atoms with Crippen molar-refractivity contribution in [3.63, 3.8) is 0 Å². The van der Waals surface area contributed by atoms with Crippen molar-refractivity contribution in [2.24, 2.45) is 0 Å². The molecular formula is C6H13O3S. The van der Waals surface area contributed by atoms with Crippen molar-refractivity contribution >= 4 is 10.1 Å². The highest BCUT2D eigenvalue weighted by Gasteiger charge is 2.16. The van der Waals surface area contributed by atoms with Crippen LogP contribution in [0.25, 0.3) is 0 Å². The highest BCUT2D eigenvalue weighted by molar-refractivity contribution is 7.88. The van der Waals surface area contributed by atoms with Gasteiger partial charge in [0.25, 0.3) is 10.1 Å². The van der Waals surface area contributed by atoms with Crippen molar-refractivity contribution < 1.29 is 13.0 Å². The van der Waals surface area contributed by atoms with E-state index in [-0.39, 0.29) is 5.25 Å². The molecule has 0 aromatic carbocycles. The van der Waals surface area contributed by atoms with Gasteiger partial charge in [0, 0.05) is 0 Å². The Kier molecular flexibility index (Phi) is 3.89. The van der Waals surface area contributed by atoms with Crippen molar-refractivity contribution in [2.75, 3.05) is 0 Å². The lowest BCUT2D eigenvalue weighted by Gasteiger charge is -2.03. The fourth-order valence-corrected chi connectivity index (χ4v) is 0.957. The number of hydrogen-bond donors (Lipinski definition) is 1. The van der Waals surface area contributed by atoms with Gasteiger partial charge in [0.2, 0.25) is 0 Å². The van der Waals surface area contributed by atoms with Crippen molar-refractivity contribution in [3.05, 3.63) is 5.25 Å². The Morgan fingerprint density at radius 3 is 2.30 bits per heavy atom. The summed E-state index contributed by atoms with van der Waals surface area (Å²) < 4.78 is 29.2. The molecule has 0 aromatic heterocycles. The molecule has 0 aromatic rings. The molecule has 0 aliphatic rings. The van der Waals surface area contributed by atoms with Gasteiger partial charge in [0.1, 0.15) is 5.25 Å². The molecule has 0 aliphatic heterocycles. The molecule has 0 saturated carbocycles. The van der Waals surface area contributed by atoms with E-state index in [1.54, 1.807) is 0 Å². The number of rotatable bonds is 4. The maximum Gasteiger partial charge on any atom is 0.272 e. The first-order chi connectivity index (χ1) is 4.48. The maximum absolute atomic E-state index is 10.4. The molecule has 0 amide bonds. The molecule has 0 atom stereocenters. The predicted molar refractivity (Wildman–Crippen MR) is 40.0 cm³/mol. The summed E-state index contributed by atoms with van der Waals surface area (Å²) in [7, 11) is -3.86. The minimum Gasteiger partial charge on any atom is -0.285 e. The van der Waals surface area contributed by atoms with Crippen LogP contribution in [0.3, 0.4) is 0 Å². The van der Waals surface area contributed by atoms with E-state index in [9.17, 15) is 8.42 Å². The van der Waals surface area contributed by atoms with Crippen molar-refractivity contribution in [3.8, 4) is 0 Å². The molecule has 0 fully saturated rings. The van der Waals surface area contributed by atoms with E-state index in [4.69, 9.17) is 4.55 Å². The smallest absolute Gasteiger partial charge is 0.272 e. The molecule has 0 rings (SSSR count). The summed E-state index contributed by atoms with van der Waals surface area (Å²) in [5, 5.41) is 0.161. The molecule has 0 aliphatic carbocycles. The zero-order valence-corrected chi connectivity index (χ0v) is 7.11. The topological polar surface area (TPSA) is 54.4 Å². The van der Waals surface area contributed by atoms with E-state index in [1.807, 2.05) is 6.92 Å². The second kappa shape index (κ2) is 3.93. The normalized spacial score (nSPS) is 12.4. The third kappa shape index (κ3) is 3.85. The van der Waals surface area contributed by atoms with Gasteiger partial charge in [-0.2, -0.15) is 8.42 Å². The third-order valence-electron chi connectivity index (χ3n) is 1.32. The molecule has 3 nitrogen and oxygen atoms in total. The van der Waals surface area contributed by atoms with Crippen molar-refractivity contribution in [1.82, 2.24) is 0 Å². The van der Waals surface area contributed by atoms with Gasteiger partial charge in [0.05, 0.1) is 0 Å². The van der Waals surface area contributed by atoms with Crippen LogP contribution in [-0.2, 0) is 10.1 Å². The van der Waals surface area contributed by atoms with E-state index in [0.29, 0.717) is 6.42 Å². The minimum atomic E-state index is -3.86. The summed E-state index contributed by atoms with van der Waals surface area (Å²) in [5.41, 5.74) is 0. The fourth-order valence-electron chi connectivity index (χ4n) is 0.555. The lowest BCUT2D eigenvalue weighted by atomic mass is 10.2. The van der Waals surface area contributed by atoms with Crippen LogP contribution in [0.15, 0.2) is 0 Å². The Balaban J connectivity index is 3.75. The van der Waals surface area contributed by atoms with E-state index >= 15 is 0 Å². The Hall–Kier alpha value is -0.0900. The van der Waals surface area contributed by atoms with Gasteiger partial charge in [-0.05, 0) is 13.3 Å². The minimum absolute atomic E-state index is 0.161. The molecular weight excluding hydrogens is 152 g/mol. The van der Waals surface area contributed by atoms with Crippen LogP contribution in [0.4, 0.5) is 0 Å². The van der Waals surface area contributed by atoms with Crippen LogP contribution in [0.2, 0.25) is 0 Å². The van der Waals surface area contributed by atoms with Crippen LogP contribution in [0, 0.1) is 5.25 Å². The average Bonchev–Trinajstić information content (AvgIpc) is 1.80. The molecule has 0 spiro atoms. The van der Waals surface area contributed by atoms with Gasteiger partial charge in [-0.25, -0.2) is 0 Å². The van der Waals surface area contributed by atoms with E-state index in [2.05, 4.69) is 0 Å². The van der Waals surface area contributed by atoms with Gasteiger partial charge < -0.3 is 0 Å². The first kappa shape index (κ1) is 9.91. The summed E-state index contributed by atoms with van der Waals surface area (Å²) >= 11 is 0. The zero-order chi connectivity index (χ0) is 8.20. The molecule has 1 radical (unpaired) electrons. The van der Waals surface area contributed by atoms with Gasteiger partial charge in [0.15, 0.2) is 0 Å². The third-order valence-corrected chi connectivity index (χ3v) is 2.41. The summed E-state index contributed by atoms with van der Waals surface area (Å²) in [4.78, 5) is 0. The molecule has 61 valence electrons.